The Morgan fingerprint density at radius 3 is 2.63 bits per heavy atom. The van der Waals surface area contributed by atoms with Crippen molar-refractivity contribution in [3.8, 4) is 5.75 Å². The lowest BCUT2D eigenvalue weighted by Gasteiger charge is -2.13. The average molecular weight is 404 g/mol. The number of para-hydroxylation sites is 1. The average Bonchev–Trinajstić information content (AvgIpc) is 3.23. The molecule has 0 unspecified atom stereocenters. The van der Waals surface area contributed by atoms with E-state index in [4.69, 9.17) is 15.3 Å². The van der Waals surface area contributed by atoms with Crippen molar-refractivity contribution in [1.29, 1.82) is 0 Å². The van der Waals surface area contributed by atoms with Gasteiger partial charge in [0.15, 0.2) is 0 Å². The van der Waals surface area contributed by atoms with E-state index in [1.54, 1.807) is 13.2 Å². The number of aromatic nitrogens is 1. The summed E-state index contributed by atoms with van der Waals surface area (Å²) in [5.41, 5.74) is 1.88. The number of methoxy groups -OCH3 is 1. The van der Waals surface area contributed by atoms with Gasteiger partial charge in [-0.05, 0) is 54.6 Å². The number of benzene rings is 2. The normalized spacial score (nSPS) is 19.6. The summed E-state index contributed by atoms with van der Waals surface area (Å²) in [6.45, 7) is 0. The standard InChI is InChI=1S/C23H24N4O3/c1-29-18-10-11-19(13-18)30-17-8-6-16(7-9-17)25-14-22(27-24)20-12-15-4-2-3-5-21(15)26-23(20)28/h2-9,12,14,18-19H,10-11,13,24H2,1H3,(H,26,28)/t18-,19+/m0/s1. The Hall–Kier alpha value is -3.45. The first-order chi connectivity index (χ1) is 14.7. The van der Waals surface area contributed by atoms with Gasteiger partial charge in [0.1, 0.15) is 17.6 Å². The van der Waals surface area contributed by atoms with Gasteiger partial charge in [-0.2, -0.15) is 5.10 Å². The van der Waals surface area contributed by atoms with Crippen LogP contribution in [0.15, 0.2) is 69.5 Å². The Labute approximate surface area is 174 Å². The highest BCUT2D eigenvalue weighted by Crippen LogP contribution is 2.27. The lowest BCUT2D eigenvalue weighted by atomic mass is 10.1. The minimum atomic E-state index is -0.265. The van der Waals surface area contributed by atoms with Crippen molar-refractivity contribution in [2.45, 2.75) is 31.5 Å². The first-order valence-electron chi connectivity index (χ1n) is 9.90. The molecular formula is C23H24N4O3. The number of ether oxygens (including phenoxy) is 2. The highest BCUT2D eigenvalue weighted by molar-refractivity contribution is 6.38. The molecule has 154 valence electrons. The minimum Gasteiger partial charge on any atom is -0.490 e. The van der Waals surface area contributed by atoms with Crippen molar-refractivity contribution < 1.29 is 9.47 Å². The van der Waals surface area contributed by atoms with E-state index < -0.39 is 0 Å². The number of H-pyrrole nitrogens is 1. The molecule has 7 heteroatoms. The molecule has 1 heterocycles. The number of rotatable bonds is 6. The quantitative estimate of drug-likeness (QED) is 0.373. The number of nitrogens with two attached hydrogens (primary N) is 1. The smallest absolute Gasteiger partial charge is 0.258 e. The molecule has 0 amide bonds. The fraction of sp³-hybridized carbons (Fsp3) is 0.261. The third-order valence-corrected chi connectivity index (χ3v) is 5.31. The summed E-state index contributed by atoms with van der Waals surface area (Å²) in [7, 11) is 1.74. The molecule has 0 radical (unpaired) electrons. The molecule has 3 N–H and O–H groups in total. The van der Waals surface area contributed by atoms with Crippen molar-refractivity contribution in [1.82, 2.24) is 4.98 Å². The summed E-state index contributed by atoms with van der Waals surface area (Å²) in [5, 5.41) is 4.65. The van der Waals surface area contributed by atoms with Crippen molar-refractivity contribution in [3.05, 3.63) is 70.5 Å². The molecule has 0 bridgehead atoms. The van der Waals surface area contributed by atoms with Crippen LogP contribution >= 0.6 is 0 Å². The van der Waals surface area contributed by atoms with E-state index in [9.17, 15) is 4.79 Å². The maximum absolute atomic E-state index is 12.4. The largest absolute Gasteiger partial charge is 0.490 e. The number of hydrazone groups is 1. The van der Waals surface area contributed by atoms with Crippen LogP contribution in [0.1, 0.15) is 24.8 Å². The maximum Gasteiger partial charge on any atom is 0.258 e. The zero-order valence-corrected chi connectivity index (χ0v) is 16.7. The van der Waals surface area contributed by atoms with Gasteiger partial charge in [-0.3, -0.25) is 9.79 Å². The van der Waals surface area contributed by atoms with Crippen molar-refractivity contribution in [2.24, 2.45) is 15.9 Å². The van der Waals surface area contributed by atoms with Crippen LogP contribution in [0.5, 0.6) is 5.75 Å². The summed E-state index contributed by atoms with van der Waals surface area (Å²) < 4.78 is 11.4. The molecule has 0 saturated heterocycles. The molecule has 1 saturated carbocycles. The van der Waals surface area contributed by atoms with Crippen LogP contribution in [0.4, 0.5) is 5.69 Å². The second kappa shape index (κ2) is 8.92. The summed E-state index contributed by atoms with van der Waals surface area (Å²) in [6, 6.07) is 16.8. The van der Waals surface area contributed by atoms with Gasteiger partial charge in [0.05, 0.1) is 23.6 Å². The predicted octanol–water partition coefficient (Wildman–Crippen LogP) is 3.54. The summed E-state index contributed by atoms with van der Waals surface area (Å²) in [6.07, 6.45) is 4.89. The van der Waals surface area contributed by atoms with Crippen molar-refractivity contribution in [3.63, 3.8) is 0 Å². The van der Waals surface area contributed by atoms with E-state index in [-0.39, 0.29) is 17.8 Å². The number of aromatic amines is 1. The molecule has 0 spiro atoms. The summed E-state index contributed by atoms with van der Waals surface area (Å²) in [4.78, 5) is 19.7. The van der Waals surface area contributed by atoms with Crippen molar-refractivity contribution in [2.75, 3.05) is 7.11 Å². The summed E-state index contributed by atoms with van der Waals surface area (Å²) >= 11 is 0. The molecule has 7 nitrogen and oxygen atoms in total. The number of hydrogen-bond donors (Lipinski definition) is 2. The Morgan fingerprint density at radius 2 is 1.90 bits per heavy atom. The van der Waals surface area contributed by atoms with E-state index >= 15 is 0 Å². The number of pyridine rings is 1. The second-order valence-electron chi connectivity index (χ2n) is 7.28. The maximum atomic E-state index is 12.4. The van der Waals surface area contributed by atoms with Crippen LogP contribution in [0.3, 0.4) is 0 Å². The molecule has 1 aliphatic rings. The van der Waals surface area contributed by atoms with Gasteiger partial charge in [-0.15, -0.1) is 0 Å². The Balaban J connectivity index is 1.47. The van der Waals surface area contributed by atoms with Crippen LogP contribution < -0.4 is 16.1 Å². The number of fused-ring (bicyclic) bond motifs is 1. The number of nitrogens with zero attached hydrogens (tertiary/aromatic N) is 2. The van der Waals surface area contributed by atoms with Crippen LogP contribution in [0, 0.1) is 0 Å². The van der Waals surface area contributed by atoms with Gasteiger partial charge >= 0.3 is 0 Å². The molecular weight excluding hydrogens is 380 g/mol. The fourth-order valence-electron chi connectivity index (χ4n) is 3.67. The lowest BCUT2D eigenvalue weighted by molar-refractivity contribution is 0.0947. The minimum absolute atomic E-state index is 0.180. The van der Waals surface area contributed by atoms with E-state index in [0.29, 0.717) is 17.0 Å². The monoisotopic (exact) mass is 404 g/mol. The lowest BCUT2D eigenvalue weighted by Crippen LogP contribution is -2.20. The van der Waals surface area contributed by atoms with Crippen molar-refractivity contribution >= 4 is 28.5 Å². The van der Waals surface area contributed by atoms with Gasteiger partial charge < -0.3 is 20.3 Å². The van der Waals surface area contributed by atoms with E-state index in [1.165, 1.54) is 6.21 Å². The van der Waals surface area contributed by atoms with Crippen LogP contribution in [-0.4, -0.2) is 36.2 Å². The molecule has 3 aromatic rings. The first-order valence-corrected chi connectivity index (χ1v) is 9.90. The topological polar surface area (TPSA) is 102 Å². The second-order valence-corrected chi connectivity index (χ2v) is 7.28. The SMILES string of the molecule is CO[C@H]1CC[C@@H](Oc2ccc(N=CC(=NN)c3cc4ccccc4[nH]c3=O)cc2)C1. The van der Waals surface area contributed by atoms with Gasteiger partial charge in [-0.25, -0.2) is 0 Å². The Morgan fingerprint density at radius 1 is 1.13 bits per heavy atom. The number of hydrogen-bond acceptors (Lipinski definition) is 6. The first kappa shape index (κ1) is 19.8. The molecule has 2 atom stereocenters. The highest BCUT2D eigenvalue weighted by atomic mass is 16.5. The molecule has 1 fully saturated rings. The van der Waals surface area contributed by atoms with Gasteiger partial charge in [0.25, 0.3) is 5.56 Å². The van der Waals surface area contributed by atoms with Crippen LogP contribution in [0.25, 0.3) is 10.9 Å². The van der Waals surface area contributed by atoms with Gasteiger partial charge in [0.2, 0.25) is 0 Å². The van der Waals surface area contributed by atoms with E-state index in [1.807, 2.05) is 48.5 Å². The third kappa shape index (κ3) is 4.41. The summed E-state index contributed by atoms with van der Waals surface area (Å²) in [5.74, 6) is 6.33. The molecule has 0 aliphatic heterocycles. The van der Waals surface area contributed by atoms with Gasteiger partial charge in [0, 0.05) is 19.0 Å². The number of nitrogens with one attached hydrogen (secondary N) is 1. The van der Waals surface area contributed by atoms with Gasteiger partial charge in [-0.1, -0.05) is 18.2 Å². The highest BCUT2D eigenvalue weighted by Gasteiger charge is 2.25. The predicted molar refractivity (Wildman–Crippen MR) is 119 cm³/mol. The molecule has 4 rings (SSSR count). The molecule has 30 heavy (non-hydrogen) atoms. The number of aliphatic imine (C=N–C) groups is 1. The zero-order valence-electron chi connectivity index (χ0n) is 16.7. The Kier molecular flexibility index (Phi) is 5.90. The third-order valence-electron chi connectivity index (χ3n) is 5.31. The van der Waals surface area contributed by atoms with E-state index in [0.717, 1.165) is 35.9 Å². The molecule has 2 aromatic carbocycles. The molecule has 1 aliphatic carbocycles. The Bertz CT molecular complexity index is 1140. The van der Waals surface area contributed by atoms with Crippen LogP contribution in [0.2, 0.25) is 0 Å². The molecule has 1 aromatic heterocycles. The fourth-order valence-corrected chi connectivity index (χ4v) is 3.67. The van der Waals surface area contributed by atoms with E-state index in [2.05, 4.69) is 15.1 Å². The van der Waals surface area contributed by atoms with Crippen LogP contribution in [-0.2, 0) is 4.74 Å². The zero-order chi connectivity index (χ0) is 20.9.